The van der Waals surface area contributed by atoms with Crippen molar-refractivity contribution in [3.05, 3.63) is 29.3 Å². The molecule has 1 aromatic carbocycles. The Hall–Kier alpha value is -1.88. The highest BCUT2D eigenvalue weighted by Gasteiger charge is 2.31. The van der Waals surface area contributed by atoms with Gasteiger partial charge in [0.25, 0.3) is 0 Å². The lowest BCUT2D eigenvalue weighted by molar-refractivity contribution is -0.120. The van der Waals surface area contributed by atoms with Gasteiger partial charge in [-0.25, -0.2) is 4.79 Å². The van der Waals surface area contributed by atoms with E-state index < -0.39 is 5.97 Å². The Morgan fingerprint density at radius 1 is 1.40 bits per heavy atom. The first kappa shape index (κ1) is 14.5. The molecule has 2 rings (SSSR count). The second kappa shape index (κ2) is 6.05. The van der Waals surface area contributed by atoms with Crippen molar-refractivity contribution in [1.82, 2.24) is 0 Å². The van der Waals surface area contributed by atoms with Gasteiger partial charge in [0, 0.05) is 11.6 Å². The summed E-state index contributed by atoms with van der Waals surface area (Å²) in [5.41, 5.74) is 7.22. The topological polar surface area (TPSA) is 92.4 Å². The van der Waals surface area contributed by atoms with E-state index in [1.54, 1.807) is 19.1 Å². The van der Waals surface area contributed by atoms with Crippen LogP contribution in [0, 0.1) is 18.8 Å². The van der Waals surface area contributed by atoms with Crippen molar-refractivity contribution < 1.29 is 14.7 Å². The highest BCUT2D eigenvalue weighted by atomic mass is 16.4. The lowest BCUT2D eigenvalue weighted by Crippen LogP contribution is -2.29. The zero-order chi connectivity index (χ0) is 14.7. The number of hydrogen-bond acceptors (Lipinski definition) is 3. The molecule has 1 saturated carbocycles. The molecule has 1 aliphatic rings. The minimum atomic E-state index is -0.959. The number of anilines is 1. The van der Waals surface area contributed by atoms with Gasteiger partial charge in [0.05, 0.1) is 5.56 Å². The zero-order valence-corrected chi connectivity index (χ0v) is 11.6. The van der Waals surface area contributed by atoms with Crippen molar-refractivity contribution in [1.29, 1.82) is 0 Å². The number of rotatable bonds is 4. The van der Waals surface area contributed by atoms with Crippen LogP contribution >= 0.6 is 0 Å². The smallest absolute Gasteiger partial charge is 0.335 e. The normalized spacial score (nSPS) is 21.7. The minimum absolute atomic E-state index is 0.0135. The number of hydrogen-bond donors (Lipinski definition) is 3. The number of aromatic carboxylic acids is 1. The summed E-state index contributed by atoms with van der Waals surface area (Å²) in [7, 11) is 0. The molecule has 20 heavy (non-hydrogen) atoms. The molecule has 5 heteroatoms. The molecule has 0 aromatic heterocycles. The van der Waals surface area contributed by atoms with Gasteiger partial charge in [-0.3, -0.25) is 4.79 Å². The van der Waals surface area contributed by atoms with Gasteiger partial charge < -0.3 is 16.2 Å². The van der Waals surface area contributed by atoms with Crippen LogP contribution < -0.4 is 11.1 Å². The van der Waals surface area contributed by atoms with Crippen molar-refractivity contribution in [3.8, 4) is 0 Å². The van der Waals surface area contributed by atoms with E-state index >= 15 is 0 Å². The van der Waals surface area contributed by atoms with Crippen LogP contribution in [0.25, 0.3) is 0 Å². The average Bonchev–Trinajstić information content (AvgIpc) is 2.86. The maximum atomic E-state index is 12.2. The molecule has 0 aliphatic heterocycles. The molecule has 1 aromatic rings. The summed E-state index contributed by atoms with van der Waals surface area (Å²) < 4.78 is 0. The predicted molar refractivity (Wildman–Crippen MR) is 76.7 cm³/mol. The highest BCUT2D eigenvalue weighted by Crippen LogP contribution is 2.32. The number of carbonyl (C=O) groups is 2. The van der Waals surface area contributed by atoms with Crippen molar-refractivity contribution in [2.75, 3.05) is 11.9 Å². The van der Waals surface area contributed by atoms with Crippen LogP contribution in [0.2, 0.25) is 0 Å². The van der Waals surface area contributed by atoms with Gasteiger partial charge in [-0.1, -0.05) is 6.42 Å². The first-order valence-corrected chi connectivity index (χ1v) is 6.87. The second-order valence-electron chi connectivity index (χ2n) is 5.36. The first-order valence-electron chi connectivity index (χ1n) is 6.87. The summed E-state index contributed by atoms with van der Waals surface area (Å²) in [6.45, 7) is 2.26. The van der Waals surface area contributed by atoms with Crippen LogP contribution in [0.4, 0.5) is 5.69 Å². The van der Waals surface area contributed by atoms with Crippen molar-refractivity contribution >= 4 is 17.6 Å². The number of carbonyl (C=O) groups excluding carboxylic acids is 1. The molecule has 0 radical (unpaired) electrons. The maximum Gasteiger partial charge on any atom is 0.335 e. The summed E-state index contributed by atoms with van der Waals surface area (Å²) in [6, 6.07) is 4.83. The molecule has 0 saturated heterocycles. The van der Waals surface area contributed by atoms with Crippen LogP contribution in [0.15, 0.2) is 18.2 Å². The lowest BCUT2D eigenvalue weighted by atomic mass is 9.95. The first-order chi connectivity index (χ1) is 9.52. The van der Waals surface area contributed by atoms with Gasteiger partial charge in [0.1, 0.15) is 0 Å². The van der Waals surface area contributed by atoms with E-state index in [0.29, 0.717) is 17.8 Å². The third-order valence-electron chi connectivity index (χ3n) is 4.02. The molecular weight excluding hydrogens is 256 g/mol. The summed E-state index contributed by atoms with van der Waals surface area (Å²) in [4.78, 5) is 23.2. The summed E-state index contributed by atoms with van der Waals surface area (Å²) >= 11 is 0. The summed E-state index contributed by atoms with van der Waals surface area (Å²) in [5.74, 6) is -0.742. The van der Waals surface area contributed by atoms with Crippen LogP contribution in [-0.4, -0.2) is 23.5 Å². The molecule has 4 N–H and O–H groups in total. The molecule has 1 amide bonds. The van der Waals surface area contributed by atoms with Gasteiger partial charge in [-0.2, -0.15) is 0 Å². The van der Waals surface area contributed by atoms with E-state index in [1.807, 2.05) is 0 Å². The Bertz CT molecular complexity index is 528. The molecule has 2 unspecified atom stereocenters. The number of nitrogens with one attached hydrogen (secondary N) is 1. The third kappa shape index (κ3) is 2.99. The fourth-order valence-corrected chi connectivity index (χ4v) is 2.88. The largest absolute Gasteiger partial charge is 0.478 e. The van der Waals surface area contributed by atoms with Gasteiger partial charge >= 0.3 is 5.97 Å². The predicted octanol–water partition coefficient (Wildman–Crippen LogP) is 2.01. The standard InChI is InChI=1S/C15H20N2O3/c1-9-7-11(5-6-12(9)15(19)20)17-14(18)13-4-2-3-10(13)8-16/h5-7,10,13H,2-4,8,16H2,1H3,(H,17,18)(H,19,20). The van der Waals surface area contributed by atoms with E-state index in [1.165, 1.54) is 6.07 Å². The Morgan fingerprint density at radius 2 is 2.15 bits per heavy atom. The lowest BCUT2D eigenvalue weighted by Gasteiger charge is -2.17. The van der Waals surface area contributed by atoms with E-state index in [9.17, 15) is 9.59 Å². The molecule has 5 nitrogen and oxygen atoms in total. The Balaban J connectivity index is 2.08. The molecule has 2 atom stereocenters. The van der Waals surface area contributed by atoms with Gasteiger partial charge in [-0.05, 0) is 56.0 Å². The Labute approximate surface area is 118 Å². The van der Waals surface area contributed by atoms with Crippen LogP contribution in [0.1, 0.15) is 35.2 Å². The van der Waals surface area contributed by atoms with E-state index in [4.69, 9.17) is 10.8 Å². The SMILES string of the molecule is Cc1cc(NC(=O)C2CCCC2CN)ccc1C(=O)O. The number of aryl methyl sites for hydroxylation is 1. The number of benzene rings is 1. The minimum Gasteiger partial charge on any atom is -0.478 e. The van der Waals surface area contributed by atoms with Gasteiger partial charge in [-0.15, -0.1) is 0 Å². The average molecular weight is 276 g/mol. The summed E-state index contributed by atoms with van der Waals surface area (Å²) in [6.07, 6.45) is 2.92. The van der Waals surface area contributed by atoms with E-state index in [-0.39, 0.29) is 23.3 Å². The number of carboxylic acid groups (broad SMARTS) is 1. The zero-order valence-electron chi connectivity index (χ0n) is 11.6. The van der Waals surface area contributed by atoms with Crippen molar-refractivity contribution in [2.45, 2.75) is 26.2 Å². The summed E-state index contributed by atoms with van der Waals surface area (Å²) in [5, 5.41) is 11.8. The second-order valence-corrected chi connectivity index (χ2v) is 5.36. The van der Waals surface area contributed by atoms with E-state index in [2.05, 4.69) is 5.32 Å². The quantitative estimate of drug-likeness (QED) is 0.784. The number of nitrogens with two attached hydrogens (primary N) is 1. The van der Waals surface area contributed by atoms with Gasteiger partial charge in [0.15, 0.2) is 0 Å². The molecule has 0 spiro atoms. The Morgan fingerprint density at radius 3 is 2.75 bits per heavy atom. The molecule has 1 aliphatic carbocycles. The van der Waals surface area contributed by atoms with Crippen LogP contribution in [-0.2, 0) is 4.79 Å². The molecule has 108 valence electrons. The highest BCUT2D eigenvalue weighted by molar-refractivity contribution is 5.94. The number of amides is 1. The number of carboxylic acids is 1. The fraction of sp³-hybridized carbons (Fsp3) is 0.467. The van der Waals surface area contributed by atoms with Crippen molar-refractivity contribution in [3.63, 3.8) is 0 Å². The Kier molecular flexibility index (Phi) is 4.39. The third-order valence-corrected chi connectivity index (χ3v) is 4.02. The fourth-order valence-electron chi connectivity index (χ4n) is 2.88. The molecule has 0 heterocycles. The van der Waals surface area contributed by atoms with Crippen LogP contribution in [0.3, 0.4) is 0 Å². The van der Waals surface area contributed by atoms with Crippen molar-refractivity contribution in [2.24, 2.45) is 17.6 Å². The van der Waals surface area contributed by atoms with Crippen LogP contribution in [0.5, 0.6) is 0 Å². The molecule has 1 fully saturated rings. The maximum absolute atomic E-state index is 12.2. The van der Waals surface area contributed by atoms with Gasteiger partial charge in [0.2, 0.25) is 5.91 Å². The molecule has 0 bridgehead atoms. The molecular formula is C15H20N2O3. The van der Waals surface area contributed by atoms with E-state index in [0.717, 1.165) is 19.3 Å². The monoisotopic (exact) mass is 276 g/mol.